The average Bonchev–Trinajstić information content (AvgIpc) is 3.27. The maximum atomic E-state index is 5.97. The molecule has 1 aromatic carbocycles. The van der Waals surface area contributed by atoms with Gasteiger partial charge < -0.3 is 9.26 Å². The number of hydrogen-bond donors (Lipinski definition) is 0. The number of halogens is 1. The Kier molecular flexibility index (Phi) is 4.61. The Morgan fingerprint density at radius 2 is 1.93 bits per heavy atom. The van der Waals surface area contributed by atoms with Gasteiger partial charge in [-0.25, -0.2) is 9.97 Å². The van der Waals surface area contributed by atoms with Crippen molar-refractivity contribution in [3.05, 3.63) is 58.4 Å². The second kappa shape index (κ2) is 6.94. The van der Waals surface area contributed by atoms with Crippen LogP contribution in [0.15, 0.2) is 46.6 Å². The number of rotatable bonds is 4. The van der Waals surface area contributed by atoms with Crippen molar-refractivity contribution in [2.45, 2.75) is 32.8 Å². The standard InChI is InChI=1S/C20H18ClN3O2S/c1-20(2,3)15-10-27-19-17(15)18(22-11-23-19)25-9-14-8-16(24-26-14)12-4-6-13(21)7-5-12/h4-8,10-11H,9H2,1-3H3. The summed E-state index contributed by atoms with van der Waals surface area (Å²) in [4.78, 5) is 9.62. The molecule has 4 aromatic rings. The van der Waals surface area contributed by atoms with Gasteiger partial charge in [0.1, 0.15) is 16.9 Å². The average molecular weight is 400 g/mol. The van der Waals surface area contributed by atoms with E-state index < -0.39 is 0 Å². The lowest BCUT2D eigenvalue weighted by molar-refractivity contribution is 0.244. The quantitative estimate of drug-likeness (QED) is 0.429. The minimum Gasteiger partial charge on any atom is -0.469 e. The van der Waals surface area contributed by atoms with Crippen LogP contribution >= 0.6 is 22.9 Å². The van der Waals surface area contributed by atoms with E-state index in [0.29, 0.717) is 16.7 Å². The lowest BCUT2D eigenvalue weighted by Crippen LogP contribution is -2.11. The van der Waals surface area contributed by atoms with E-state index in [0.717, 1.165) is 21.5 Å². The van der Waals surface area contributed by atoms with Gasteiger partial charge in [0, 0.05) is 16.7 Å². The van der Waals surface area contributed by atoms with Crippen molar-refractivity contribution in [1.29, 1.82) is 0 Å². The van der Waals surface area contributed by atoms with Crippen LogP contribution in [0.4, 0.5) is 0 Å². The molecular weight excluding hydrogens is 382 g/mol. The molecule has 0 bridgehead atoms. The van der Waals surface area contributed by atoms with Crippen molar-refractivity contribution in [1.82, 2.24) is 15.1 Å². The number of hydrogen-bond acceptors (Lipinski definition) is 6. The molecule has 0 N–H and O–H groups in total. The van der Waals surface area contributed by atoms with Gasteiger partial charge in [0.25, 0.3) is 0 Å². The predicted molar refractivity (Wildman–Crippen MR) is 107 cm³/mol. The summed E-state index contributed by atoms with van der Waals surface area (Å²) in [5, 5.41) is 7.88. The van der Waals surface area contributed by atoms with E-state index in [1.165, 1.54) is 11.9 Å². The Morgan fingerprint density at radius 3 is 2.67 bits per heavy atom. The first-order valence-corrected chi connectivity index (χ1v) is 9.74. The van der Waals surface area contributed by atoms with Crippen LogP contribution in [0.3, 0.4) is 0 Å². The van der Waals surface area contributed by atoms with Crippen LogP contribution in [0.2, 0.25) is 5.02 Å². The largest absolute Gasteiger partial charge is 0.469 e. The lowest BCUT2D eigenvalue weighted by Gasteiger charge is -2.18. The van der Waals surface area contributed by atoms with E-state index in [1.54, 1.807) is 11.3 Å². The first kappa shape index (κ1) is 17.9. The topological polar surface area (TPSA) is 61.0 Å². The molecule has 0 unspecified atom stereocenters. The molecule has 0 aliphatic rings. The SMILES string of the molecule is CC(C)(C)c1csc2ncnc(OCc3cc(-c4ccc(Cl)cc4)no3)c12. The molecule has 27 heavy (non-hydrogen) atoms. The molecule has 5 nitrogen and oxygen atoms in total. The van der Waals surface area contributed by atoms with Crippen molar-refractivity contribution >= 4 is 33.2 Å². The molecule has 7 heteroatoms. The van der Waals surface area contributed by atoms with Crippen LogP contribution in [0, 0.1) is 0 Å². The van der Waals surface area contributed by atoms with Crippen LogP contribution in [0.5, 0.6) is 5.88 Å². The van der Waals surface area contributed by atoms with Crippen molar-refractivity contribution in [2.24, 2.45) is 0 Å². The van der Waals surface area contributed by atoms with Gasteiger partial charge >= 0.3 is 0 Å². The number of benzene rings is 1. The lowest BCUT2D eigenvalue weighted by atomic mass is 9.87. The fourth-order valence-corrected chi connectivity index (χ4v) is 4.04. The summed E-state index contributed by atoms with van der Waals surface area (Å²) < 4.78 is 11.4. The van der Waals surface area contributed by atoms with E-state index in [9.17, 15) is 0 Å². The van der Waals surface area contributed by atoms with Gasteiger partial charge in [-0.05, 0) is 28.5 Å². The maximum absolute atomic E-state index is 5.97. The van der Waals surface area contributed by atoms with Gasteiger partial charge in [0.2, 0.25) is 5.88 Å². The van der Waals surface area contributed by atoms with Crippen LogP contribution < -0.4 is 4.74 Å². The highest BCUT2D eigenvalue weighted by Crippen LogP contribution is 2.38. The summed E-state index contributed by atoms with van der Waals surface area (Å²) >= 11 is 7.53. The van der Waals surface area contributed by atoms with Crippen LogP contribution in [-0.4, -0.2) is 15.1 Å². The van der Waals surface area contributed by atoms with E-state index in [1.807, 2.05) is 30.3 Å². The van der Waals surface area contributed by atoms with Crippen molar-refractivity contribution in [2.75, 3.05) is 0 Å². The van der Waals surface area contributed by atoms with Crippen LogP contribution in [0.1, 0.15) is 32.1 Å². The highest BCUT2D eigenvalue weighted by molar-refractivity contribution is 7.17. The highest BCUT2D eigenvalue weighted by Gasteiger charge is 2.22. The number of thiophene rings is 1. The minimum absolute atomic E-state index is 0.0188. The zero-order chi connectivity index (χ0) is 19.0. The maximum Gasteiger partial charge on any atom is 0.226 e. The Bertz CT molecular complexity index is 1080. The minimum atomic E-state index is -0.0188. The van der Waals surface area contributed by atoms with Gasteiger partial charge in [-0.2, -0.15) is 0 Å². The van der Waals surface area contributed by atoms with Gasteiger partial charge in [-0.1, -0.05) is 49.7 Å². The Labute approximate surface area is 166 Å². The summed E-state index contributed by atoms with van der Waals surface area (Å²) in [6.45, 7) is 6.74. The van der Waals surface area contributed by atoms with E-state index >= 15 is 0 Å². The molecule has 0 aliphatic heterocycles. The molecule has 138 valence electrons. The summed E-state index contributed by atoms with van der Waals surface area (Å²) in [7, 11) is 0. The van der Waals surface area contributed by atoms with E-state index in [4.69, 9.17) is 20.9 Å². The molecule has 0 radical (unpaired) electrons. The summed E-state index contributed by atoms with van der Waals surface area (Å²) in [5.41, 5.74) is 2.84. The van der Waals surface area contributed by atoms with Crippen LogP contribution in [0.25, 0.3) is 21.5 Å². The first-order valence-electron chi connectivity index (χ1n) is 8.49. The Morgan fingerprint density at radius 1 is 1.15 bits per heavy atom. The van der Waals surface area contributed by atoms with E-state index in [2.05, 4.69) is 41.3 Å². The molecular formula is C20H18ClN3O2S. The third-order valence-corrected chi connectivity index (χ3v) is 5.33. The zero-order valence-electron chi connectivity index (χ0n) is 15.2. The van der Waals surface area contributed by atoms with Crippen molar-refractivity contribution < 1.29 is 9.26 Å². The molecule has 4 rings (SSSR count). The molecule has 3 aromatic heterocycles. The Hall–Kier alpha value is -2.44. The van der Waals surface area contributed by atoms with Crippen molar-refractivity contribution in [3.8, 4) is 17.1 Å². The van der Waals surface area contributed by atoms with Crippen LogP contribution in [-0.2, 0) is 12.0 Å². The molecule has 3 heterocycles. The summed E-state index contributed by atoms with van der Waals surface area (Å²) in [6, 6.07) is 9.31. The van der Waals surface area contributed by atoms with Gasteiger partial charge in [-0.15, -0.1) is 11.3 Å². The smallest absolute Gasteiger partial charge is 0.226 e. The Balaban J connectivity index is 1.58. The van der Waals surface area contributed by atoms with Crippen molar-refractivity contribution in [3.63, 3.8) is 0 Å². The number of ether oxygens (including phenoxy) is 1. The summed E-state index contributed by atoms with van der Waals surface area (Å²) in [6.07, 6.45) is 1.53. The third-order valence-electron chi connectivity index (χ3n) is 4.19. The molecule has 0 saturated carbocycles. The molecule has 0 saturated heterocycles. The van der Waals surface area contributed by atoms with Gasteiger partial charge in [-0.3, -0.25) is 0 Å². The van der Waals surface area contributed by atoms with Gasteiger partial charge in [0.05, 0.1) is 5.39 Å². The second-order valence-corrected chi connectivity index (χ2v) is 8.53. The normalized spacial score (nSPS) is 11.9. The summed E-state index contributed by atoms with van der Waals surface area (Å²) in [5.74, 6) is 1.19. The molecule has 0 atom stereocenters. The van der Waals surface area contributed by atoms with E-state index in [-0.39, 0.29) is 12.0 Å². The fourth-order valence-electron chi connectivity index (χ4n) is 2.79. The number of fused-ring (bicyclic) bond motifs is 1. The monoisotopic (exact) mass is 399 g/mol. The van der Waals surface area contributed by atoms with Gasteiger partial charge in [0.15, 0.2) is 12.4 Å². The highest BCUT2D eigenvalue weighted by atomic mass is 35.5. The third kappa shape index (κ3) is 3.68. The predicted octanol–water partition coefficient (Wildman–Crippen LogP) is 5.88. The molecule has 0 aliphatic carbocycles. The molecule has 0 amide bonds. The molecule has 0 spiro atoms. The number of aromatic nitrogens is 3. The first-order chi connectivity index (χ1) is 12.9. The number of nitrogens with zero attached hydrogens (tertiary/aromatic N) is 3. The fraction of sp³-hybridized carbons (Fsp3) is 0.250. The molecule has 0 fully saturated rings. The second-order valence-electron chi connectivity index (χ2n) is 7.23. The zero-order valence-corrected chi connectivity index (χ0v) is 16.8.